The quantitative estimate of drug-likeness (QED) is 0.445. The topological polar surface area (TPSA) is 131 Å². The zero-order valence-corrected chi connectivity index (χ0v) is 18.6. The average molecular weight is 467 g/mol. The Morgan fingerprint density at radius 2 is 1.65 bits per heavy atom. The van der Waals surface area contributed by atoms with Crippen molar-refractivity contribution in [1.82, 2.24) is 10.9 Å². The highest BCUT2D eigenvalue weighted by Gasteiger charge is 2.36. The third kappa shape index (κ3) is 6.41. The van der Waals surface area contributed by atoms with Crippen molar-refractivity contribution in [3.63, 3.8) is 0 Å². The Morgan fingerprint density at radius 3 is 2.32 bits per heavy atom. The molecule has 2 aromatic carbocycles. The molecule has 10 heteroatoms. The molecule has 0 aliphatic carbocycles. The number of esters is 2. The summed E-state index contributed by atoms with van der Waals surface area (Å²) in [6.07, 6.45) is 0.652. The first-order chi connectivity index (χ1) is 16.4. The highest BCUT2D eigenvalue weighted by Crippen LogP contribution is 2.26. The van der Waals surface area contributed by atoms with Crippen LogP contribution in [0.15, 0.2) is 54.6 Å². The van der Waals surface area contributed by atoms with E-state index in [0.29, 0.717) is 29.8 Å². The van der Waals surface area contributed by atoms with Crippen molar-refractivity contribution in [2.24, 2.45) is 5.92 Å². The Hall–Kier alpha value is -4.21. The number of nitrogens with one attached hydrogen (secondary N) is 2. The minimum absolute atomic E-state index is 0.0640. The second-order valence-electron chi connectivity index (χ2n) is 7.56. The summed E-state index contributed by atoms with van der Waals surface area (Å²) in [5.74, 6) is -3.39. The number of hydrogen-bond acceptors (Lipinski definition) is 7. The Labute approximate surface area is 196 Å². The van der Waals surface area contributed by atoms with Crippen LogP contribution in [0.1, 0.15) is 40.5 Å². The van der Waals surface area contributed by atoms with Crippen molar-refractivity contribution in [1.29, 1.82) is 0 Å². The fourth-order valence-corrected chi connectivity index (χ4v) is 3.25. The number of hydrazine groups is 1. The first kappa shape index (κ1) is 24.4. The van der Waals surface area contributed by atoms with Gasteiger partial charge in [0.1, 0.15) is 0 Å². The van der Waals surface area contributed by atoms with Gasteiger partial charge >= 0.3 is 11.9 Å². The number of hydrogen-bond donors (Lipinski definition) is 2. The maximum atomic E-state index is 12.4. The van der Waals surface area contributed by atoms with Crippen molar-refractivity contribution < 1.29 is 33.4 Å². The van der Waals surface area contributed by atoms with E-state index in [9.17, 15) is 24.0 Å². The fourth-order valence-electron chi connectivity index (χ4n) is 3.25. The van der Waals surface area contributed by atoms with Crippen LogP contribution in [-0.4, -0.2) is 49.4 Å². The summed E-state index contributed by atoms with van der Waals surface area (Å²) in [7, 11) is 0. The molecule has 178 valence electrons. The van der Waals surface area contributed by atoms with E-state index >= 15 is 0 Å². The van der Waals surface area contributed by atoms with Crippen LogP contribution in [0, 0.1) is 5.92 Å². The van der Waals surface area contributed by atoms with Gasteiger partial charge in [0.2, 0.25) is 5.91 Å². The zero-order valence-electron chi connectivity index (χ0n) is 18.6. The molecule has 0 radical (unpaired) electrons. The van der Waals surface area contributed by atoms with Crippen LogP contribution in [0.4, 0.5) is 5.69 Å². The van der Waals surface area contributed by atoms with Crippen LogP contribution >= 0.6 is 0 Å². The van der Waals surface area contributed by atoms with Crippen LogP contribution in [0.25, 0.3) is 0 Å². The molecule has 1 heterocycles. The number of carbonyl (C=O) groups excluding carboxylic acids is 5. The first-order valence-corrected chi connectivity index (χ1v) is 10.8. The van der Waals surface area contributed by atoms with E-state index in [1.165, 1.54) is 4.90 Å². The number of nitrogens with zero attached hydrogens (tertiary/aromatic N) is 1. The molecule has 0 aromatic heterocycles. The molecule has 0 saturated carbocycles. The lowest BCUT2D eigenvalue weighted by Gasteiger charge is -2.17. The number of carbonyl (C=O) groups is 5. The van der Waals surface area contributed by atoms with Crippen LogP contribution in [-0.2, 0) is 23.9 Å². The number of benzene rings is 2. The van der Waals surface area contributed by atoms with E-state index < -0.39 is 36.3 Å². The highest BCUT2D eigenvalue weighted by molar-refractivity contribution is 6.00. The van der Waals surface area contributed by atoms with Gasteiger partial charge in [0.05, 0.1) is 18.1 Å². The van der Waals surface area contributed by atoms with Crippen LogP contribution in [0.5, 0.6) is 0 Å². The Kier molecular flexibility index (Phi) is 8.33. The van der Waals surface area contributed by atoms with E-state index in [4.69, 9.17) is 9.47 Å². The molecule has 1 aliphatic heterocycles. The molecular weight excluding hydrogens is 442 g/mol. The lowest BCUT2D eigenvalue weighted by atomic mass is 10.1. The molecule has 2 aromatic rings. The second kappa shape index (κ2) is 11.6. The van der Waals surface area contributed by atoms with Crippen molar-refractivity contribution in [3.8, 4) is 0 Å². The van der Waals surface area contributed by atoms with Gasteiger partial charge in [-0.15, -0.1) is 0 Å². The predicted molar refractivity (Wildman–Crippen MR) is 120 cm³/mol. The van der Waals surface area contributed by atoms with Gasteiger partial charge in [0.15, 0.2) is 6.61 Å². The molecule has 2 N–H and O–H groups in total. The van der Waals surface area contributed by atoms with Crippen molar-refractivity contribution in [2.75, 3.05) is 24.7 Å². The van der Waals surface area contributed by atoms with Crippen molar-refractivity contribution in [2.45, 2.75) is 19.8 Å². The maximum absolute atomic E-state index is 12.4. The third-order valence-corrected chi connectivity index (χ3v) is 5.01. The van der Waals surface area contributed by atoms with E-state index in [1.54, 1.807) is 54.6 Å². The van der Waals surface area contributed by atoms with Crippen molar-refractivity contribution in [3.05, 3.63) is 65.7 Å². The Balaban J connectivity index is 1.46. The fraction of sp³-hybridized carbons (Fsp3) is 0.292. The van der Waals surface area contributed by atoms with Gasteiger partial charge in [-0.3, -0.25) is 30.0 Å². The van der Waals surface area contributed by atoms with E-state index in [0.717, 1.165) is 0 Å². The van der Waals surface area contributed by atoms with Gasteiger partial charge in [-0.25, -0.2) is 4.79 Å². The summed E-state index contributed by atoms with van der Waals surface area (Å²) >= 11 is 0. The van der Waals surface area contributed by atoms with E-state index in [-0.39, 0.29) is 18.9 Å². The normalized spacial score (nSPS) is 14.9. The molecule has 34 heavy (non-hydrogen) atoms. The van der Waals surface area contributed by atoms with Crippen LogP contribution in [0.3, 0.4) is 0 Å². The van der Waals surface area contributed by atoms with Gasteiger partial charge in [0.25, 0.3) is 11.8 Å². The maximum Gasteiger partial charge on any atom is 0.338 e. The van der Waals surface area contributed by atoms with Gasteiger partial charge in [-0.2, -0.15) is 0 Å². The van der Waals surface area contributed by atoms with Gasteiger partial charge in [-0.1, -0.05) is 25.1 Å². The highest BCUT2D eigenvalue weighted by atomic mass is 16.5. The summed E-state index contributed by atoms with van der Waals surface area (Å²) in [4.78, 5) is 61.9. The molecule has 3 amide bonds. The molecule has 3 rings (SSSR count). The lowest BCUT2D eigenvalue weighted by Crippen LogP contribution is -2.43. The molecule has 0 bridgehead atoms. The largest absolute Gasteiger partial charge is 0.462 e. The summed E-state index contributed by atoms with van der Waals surface area (Å²) in [5, 5.41) is 0. The molecule has 1 fully saturated rings. The van der Waals surface area contributed by atoms with E-state index in [1.807, 2.05) is 6.92 Å². The minimum atomic E-state index is -0.742. The van der Waals surface area contributed by atoms with Crippen LogP contribution in [0.2, 0.25) is 0 Å². The molecule has 0 unspecified atom stereocenters. The second-order valence-corrected chi connectivity index (χ2v) is 7.56. The predicted octanol–water partition coefficient (Wildman–Crippen LogP) is 1.61. The van der Waals surface area contributed by atoms with E-state index in [2.05, 4.69) is 10.9 Å². The SMILES string of the molecule is CCCOC(=O)c1ccc(N2C[C@@H](C(=O)OCC(=O)NNC(=O)c3ccccc3)CC2=O)cc1. The molecule has 10 nitrogen and oxygen atoms in total. The molecule has 1 aliphatic rings. The monoisotopic (exact) mass is 467 g/mol. The summed E-state index contributed by atoms with van der Waals surface area (Å²) in [6, 6.07) is 14.6. The smallest absolute Gasteiger partial charge is 0.338 e. The molecule has 1 saturated heterocycles. The summed E-state index contributed by atoms with van der Waals surface area (Å²) in [5.41, 5.74) is 5.65. The van der Waals surface area contributed by atoms with Gasteiger partial charge < -0.3 is 14.4 Å². The first-order valence-electron chi connectivity index (χ1n) is 10.8. The molecular formula is C24H25N3O7. The number of rotatable bonds is 8. The van der Waals surface area contributed by atoms with Crippen molar-refractivity contribution >= 4 is 35.3 Å². The zero-order chi connectivity index (χ0) is 24.5. The summed E-state index contributed by atoms with van der Waals surface area (Å²) in [6.45, 7) is 1.70. The lowest BCUT2D eigenvalue weighted by molar-refractivity contribution is -0.152. The number of amides is 3. The standard InChI is InChI=1S/C24H25N3O7/c1-2-12-33-23(31)17-8-10-19(11-9-17)27-14-18(13-21(27)29)24(32)34-15-20(28)25-26-22(30)16-6-4-3-5-7-16/h3-11,18H,2,12-15H2,1H3,(H,25,28)(H,26,30)/t18-/m0/s1. The molecule has 0 spiro atoms. The third-order valence-electron chi connectivity index (χ3n) is 5.01. The van der Waals surface area contributed by atoms with Crippen LogP contribution < -0.4 is 15.8 Å². The molecule has 1 atom stereocenters. The van der Waals surface area contributed by atoms with Gasteiger partial charge in [0, 0.05) is 24.2 Å². The average Bonchev–Trinajstić information content (AvgIpc) is 3.26. The Bertz CT molecular complexity index is 1050. The Morgan fingerprint density at radius 1 is 0.941 bits per heavy atom. The summed E-state index contributed by atoms with van der Waals surface area (Å²) < 4.78 is 10.1. The number of ether oxygens (including phenoxy) is 2. The minimum Gasteiger partial charge on any atom is -0.462 e. The van der Waals surface area contributed by atoms with Gasteiger partial charge in [-0.05, 0) is 42.8 Å². The number of anilines is 1.